The molecular weight excluding hydrogens is 713 g/mol. The van der Waals surface area contributed by atoms with Gasteiger partial charge in [0.15, 0.2) is 0 Å². The first-order valence-electron chi connectivity index (χ1n) is 17.4. The van der Waals surface area contributed by atoms with E-state index in [4.69, 9.17) is 0 Å². The molecule has 3 heteroatoms. The Hall–Kier alpha value is -5.26. The molecule has 8 aromatic carbocycles. The molecule has 2 heterocycles. The zero-order valence-electron chi connectivity index (χ0n) is 27.8. The molecule has 0 bridgehead atoms. The summed E-state index contributed by atoms with van der Waals surface area (Å²) in [5, 5.41) is 5.32. The molecule has 0 aliphatic rings. The van der Waals surface area contributed by atoms with Gasteiger partial charge in [-0.3, -0.25) is 0 Å². The molecule has 0 atom stereocenters. The van der Waals surface area contributed by atoms with Crippen LogP contribution in [0.15, 0.2) is 194 Å². The van der Waals surface area contributed by atoms with Crippen LogP contribution >= 0.6 is 22.7 Å². The molecule has 0 N–H and O–H groups in total. The van der Waals surface area contributed by atoms with Gasteiger partial charge in [0, 0.05) is 0 Å². The van der Waals surface area contributed by atoms with Gasteiger partial charge in [-0.05, 0) is 0 Å². The molecule has 0 saturated carbocycles. The van der Waals surface area contributed by atoms with Gasteiger partial charge in [-0.1, -0.05) is 0 Å². The third kappa shape index (κ3) is 4.78. The number of hydrogen-bond donors (Lipinski definition) is 0. The fourth-order valence-electron chi connectivity index (χ4n) is 8.32. The SMILES string of the molecule is c1cc[c]([Ge]([c]2ccccc2)([c]2ccccc2-c2cccc3c2sc2ccccc23)[c]2ccccc2-c2cccc3c2sc2ccccc23)cc1. The van der Waals surface area contributed by atoms with Crippen LogP contribution in [0.2, 0.25) is 0 Å². The quantitative estimate of drug-likeness (QED) is 0.149. The van der Waals surface area contributed by atoms with Crippen molar-refractivity contribution in [3.63, 3.8) is 0 Å². The molecule has 51 heavy (non-hydrogen) atoms. The summed E-state index contributed by atoms with van der Waals surface area (Å²) in [4.78, 5) is 0. The van der Waals surface area contributed by atoms with E-state index in [0.29, 0.717) is 0 Å². The molecule has 0 saturated heterocycles. The molecule has 0 radical (unpaired) electrons. The van der Waals surface area contributed by atoms with Crippen LogP contribution in [-0.4, -0.2) is 13.3 Å². The van der Waals surface area contributed by atoms with Crippen molar-refractivity contribution in [3.05, 3.63) is 194 Å². The summed E-state index contributed by atoms with van der Waals surface area (Å²) in [6, 6.07) is 73.1. The maximum atomic E-state index is 2.46. The Morgan fingerprint density at radius 3 is 1.10 bits per heavy atom. The topological polar surface area (TPSA) is 0 Å². The minimum absolute atomic E-state index is 1.32. The Bertz CT molecular complexity index is 2670. The van der Waals surface area contributed by atoms with E-state index in [1.54, 1.807) is 0 Å². The summed E-state index contributed by atoms with van der Waals surface area (Å²) >= 11 is 0.00936. The summed E-state index contributed by atoms with van der Waals surface area (Å²) < 4.78 is 11.1. The number of thiophene rings is 2. The molecule has 10 aromatic rings. The number of hydrogen-bond acceptors (Lipinski definition) is 2. The Kier molecular flexibility index (Phi) is 7.49. The van der Waals surface area contributed by atoms with Crippen LogP contribution in [0.25, 0.3) is 62.6 Å². The molecule has 0 unspecified atom stereocenters. The fourth-order valence-corrected chi connectivity index (χ4v) is 21.7. The zero-order chi connectivity index (χ0) is 33.8. The fraction of sp³-hybridized carbons (Fsp3) is 0. The zero-order valence-corrected chi connectivity index (χ0v) is 31.5. The summed E-state index contributed by atoms with van der Waals surface area (Å²) in [7, 11) is 0. The first-order chi connectivity index (χ1) is 25.3. The first kappa shape index (κ1) is 30.6. The van der Waals surface area contributed by atoms with E-state index in [2.05, 4.69) is 194 Å². The minimum atomic E-state index is -3.82. The van der Waals surface area contributed by atoms with Crippen LogP contribution in [0.1, 0.15) is 0 Å². The van der Waals surface area contributed by atoms with Gasteiger partial charge in [0.1, 0.15) is 0 Å². The molecule has 0 nitrogen and oxygen atoms in total. The van der Waals surface area contributed by atoms with E-state index in [1.807, 2.05) is 22.7 Å². The van der Waals surface area contributed by atoms with Crippen LogP contribution in [0.4, 0.5) is 0 Å². The molecule has 0 fully saturated rings. The Balaban J connectivity index is 1.35. The molecule has 0 aliphatic carbocycles. The summed E-state index contributed by atoms with van der Waals surface area (Å²) in [5.41, 5.74) is 5.29. The van der Waals surface area contributed by atoms with Crippen LogP contribution in [0.5, 0.6) is 0 Å². The van der Waals surface area contributed by atoms with Crippen molar-refractivity contribution in [2.75, 3.05) is 0 Å². The van der Waals surface area contributed by atoms with Gasteiger partial charge in [-0.25, -0.2) is 0 Å². The molecule has 0 aliphatic heterocycles. The average Bonchev–Trinajstić information content (AvgIpc) is 3.78. The Labute approximate surface area is 308 Å². The van der Waals surface area contributed by atoms with Crippen molar-refractivity contribution in [1.82, 2.24) is 0 Å². The maximum absolute atomic E-state index is 3.82. The third-order valence-electron chi connectivity index (χ3n) is 10.5. The van der Waals surface area contributed by atoms with E-state index in [1.165, 1.54) is 80.2 Å². The second-order valence-corrected chi connectivity index (χ2v) is 23.1. The number of rotatable bonds is 6. The molecule has 10 rings (SSSR count). The van der Waals surface area contributed by atoms with E-state index < -0.39 is 13.3 Å². The van der Waals surface area contributed by atoms with Crippen LogP contribution in [-0.2, 0) is 0 Å². The standard InChI is InChI=1S/C48H32GeS2/c1-3-17-33(18-4-1)49(34-19-5-2-6-20-34,43-29-11-7-21-35(43)39-25-15-27-41-37-23-9-13-31-45(37)50-47(39)41)44-30-12-8-22-36(44)40-26-16-28-42-38-24-10-14-32-46(38)51-48(40)42/h1-32H. The predicted octanol–water partition coefficient (Wildman–Crippen LogP) is 11.1. The van der Waals surface area contributed by atoms with Crippen molar-refractivity contribution in [3.8, 4) is 22.3 Å². The summed E-state index contributed by atoms with van der Waals surface area (Å²) in [5.74, 6) is 0. The summed E-state index contributed by atoms with van der Waals surface area (Å²) in [6.07, 6.45) is 0. The first-order valence-corrected chi connectivity index (χ1v) is 23.3. The van der Waals surface area contributed by atoms with Gasteiger partial charge in [-0.2, -0.15) is 0 Å². The van der Waals surface area contributed by atoms with Gasteiger partial charge >= 0.3 is 310 Å². The normalized spacial score (nSPS) is 11.9. The Morgan fingerprint density at radius 1 is 0.275 bits per heavy atom. The van der Waals surface area contributed by atoms with E-state index in [0.717, 1.165) is 0 Å². The second-order valence-electron chi connectivity index (χ2n) is 13.1. The molecule has 2 aromatic heterocycles. The van der Waals surface area contributed by atoms with Gasteiger partial charge in [-0.15, -0.1) is 0 Å². The van der Waals surface area contributed by atoms with Crippen LogP contribution in [0, 0.1) is 0 Å². The van der Waals surface area contributed by atoms with E-state index >= 15 is 0 Å². The molecule has 240 valence electrons. The second kappa shape index (κ2) is 12.5. The Morgan fingerprint density at radius 2 is 0.627 bits per heavy atom. The summed E-state index contributed by atoms with van der Waals surface area (Å²) in [6.45, 7) is 0. The average molecular weight is 746 g/mol. The van der Waals surface area contributed by atoms with Crippen molar-refractivity contribution >= 4 is 93.9 Å². The number of benzene rings is 8. The monoisotopic (exact) mass is 746 g/mol. The van der Waals surface area contributed by atoms with Gasteiger partial charge in [0.05, 0.1) is 0 Å². The van der Waals surface area contributed by atoms with Crippen molar-refractivity contribution in [2.45, 2.75) is 0 Å². The molecular formula is C48H32GeS2. The van der Waals surface area contributed by atoms with Crippen molar-refractivity contribution in [2.24, 2.45) is 0 Å². The van der Waals surface area contributed by atoms with Gasteiger partial charge in [0.25, 0.3) is 0 Å². The molecule has 0 spiro atoms. The van der Waals surface area contributed by atoms with Crippen molar-refractivity contribution < 1.29 is 0 Å². The predicted molar refractivity (Wildman–Crippen MR) is 227 cm³/mol. The van der Waals surface area contributed by atoms with Crippen molar-refractivity contribution in [1.29, 1.82) is 0 Å². The number of fused-ring (bicyclic) bond motifs is 6. The third-order valence-corrected chi connectivity index (χ3v) is 23.2. The van der Waals surface area contributed by atoms with Gasteiger partial charge in [0.2, 0.25) is 0 Å². The molecule has 0 amide bonds. The van der Waals surface area contributed by atoms with Crippen LogP contribution in [0.3, 0.4) is 0 Å². The van der Waals surface area contributed by atoms with Gasteiger partial charge < -0.3 is 0 Å². The van der Waals surface area contributed by atoms with E-state index in [-0.39, 0.29) is 0 Å². The van der Waals surface area contributed by atoms with Crippen LogP contribution < -0.4 is 17.6 Å². The van der Waals surface area contributed by atoms with E-state index in [9.17, 15) is 0 Å².